The highest BCUT2D eigenvalue weighted by atomic mass is 35.5. The normalized spacial score (nSPS) is 11.4. The zero-order chi connectivity index (χ0) is 25.2. The van der Waals surface area contributed by atoms with E-state index in [1.165, 1.54) is 36.0 Å². The average Bonchev–Trinajstić information content (AvgIpc) is 3.23. The lowest BCUT2D eigenvalue weighted by atomic mass is 10.1. The lowest BCUT2D eigenvalue weighted by Gasteiger charge is -2.14. The lowest BCUT2D eigenvalue weighted by molar-refractivity contribution is -0.113. The highest BCUT2D eigenvalue weighted by molar-refractivity contribution is 7.99. The van der Waals surface area contributed by atoms with E-state index in [1.807, 2.05) is 54.8 Å². The fourth-order valence-electron chi connectivity index (χ4n) is 3.41. The minimum Gasteiger partial charge on any atom is -0.325 e. The van der Waals surface area contributed by atoms with Gasteiger partial charge < -0.3 is 5.32 Å². The summed E-state index contributed by atoms with van der Waals surface area (Å²) in [5, 5.41) is 17.7. The zero-order valence-electron chi connectivity index (χ0n) is 18.9. The van der Waals surface area contributed by atoms with Crippen molar-refractivity contribution >= 4 is 45.0 Å². The molecule has 35 heavy (non-hydrogen) atoms. The summed E-state index contributed by atoms with van der Waals surface area (Å²) in [7, 11) is -3.80. The average molecular weight is 528 g/mol. The van der Waals surface area contributed by atoms with Crippen molar-refractivity contribution in [1.82, 2.24) is 14.8 Å². The van der Waals surface area contributed by atoms with Gasteiger partial charge in [-0.2, -0.15) is 0 Å². The summed E-state index contributed by atoms with van der Waals surface area (Å²) in [6, 6.07) is 19.1. The van der Waals surface area contributed by atoms with Crippen LogP contribution in [0.2, 0.25) is 5.02 Å². The number of primary sulfonamides is 1. The van der Waals surface area contributed by atoms with Crippen molar-refractivity contribution in [2.45, 2.75) is 23.9 Å². The number of aromatic nitrogens is 3. The smallest absolute Gasteiger partial charge is 0.238 e. The van der Waals surface area contributed by atoms with Gasteiger partial charge in [0.2, 0.25) is 15.9 Å². The monoisotopic (exact) mass is 527 g/mol. The van der Waals surface area contributed by atoms with Gasteiger partial charge in [-0.25, -0.2) is 13.6 Å². The second kappa shape index (κ2) is 10.2. The first-order chi connectivity index (χ1) is 16.6. The van der Waals surface area contributed by atoms with Crippen molar-refractivity contribution in [3.05, 3.63) is 82.9 Å². The Morgan fingerprint density at radius 2 is 1.77 bits per heavy atom. The van der Waals surface area contributed by atoms with Gasteiger partial charge in [-0.05, 0) is 67.4 Å². The first kappa shape index (κ1) is 24.9. The molecule has 0 saturated carbocycles. The van der Waals surface area contributed by atoms with E-state index in [0.29, 0.717) is 21.7 Å². The molecule has 1 aromatic heterocycles. The van der Waals surface area contributed by atoms with E-state index in [2.05, 4.69) is 15.5 Å². The van der Waals surface area contributed by atoms with Crippen molar-refractivity contribution in [1.29, 1.82) is 0 Å². The molecule has 0 unspecified atom stereocenters. The van der Waals surface area contributed by atoms with Gasteiger partial charge in [-0.3, -0.25) is 9.36 Å². The third-order valence-electron chi connectivity index (χ3n) is 5.15. The first-order valence-corrected chi connectivity index (χ1v) is 13.4. The Bertz CT molecular complexity index is 1500. The van der Waals surface area contributed by atoms with Gasteiger partial charge in [0.05, 0.1) is 21.4 Å². The van der Waals surface area contributed by atoms with Crippen LogP contribution in [-0.4, -0.2) is 34.8 Å². The Labute approximate surface area is 212 Å². The van der Waals surface area contributed by atoms with E-state index in [-0.39, 0.29) is 16.6 Å². The molecule has 8 nitrogen and oxygen atoms in total. The van der Waals surface area contributed by atoms with Gasteiger partial charge in [-0.15, -0.1) is 10.2 Å². The number of halogens is 1. The van der Waals surface area contributed by atoms with Crippen LogP contribution < -0.4 is 10.5 Å². The Morgan fingerprint density at radius 3 is 2.46 bits per heavy atom. The van der Waals surface area contributed by atoms with Crippen LogP contribution in [-0.2, 0) is 14.8 Å². The maximum atomic E-state index is 12.6. The van der Waals surface area contributed by atoms with Gasteiger partial charge >= 0.3 is 0 Å². The lowest BCUT2D eigenvalue weighted by Crippen LogP contribution is -2.15. The maximum Gasteiger partial charge on any atom is 0.238 e. The van der Waals surface area contributed by atoms with Crippen molar-refractivity contribution in [3.63, 3.8) is 0 Å². The summed E-state index contributed by atoms with van der Waals surface area (Å²) >= 11 is 7.69. The van der Waals surface area contributed by atoms with Crippen molar-refractivity contribution in [3.8, 4) is 17.1 Å². The summed E-state index contributed by atoms with van der Waals surface area (Å²) in [6.45, 7) is 4.00. The summed E-state index contributed by atoms with van der Waals surface area (Å²) in [5.41, 5.74) is 4.17. The zero-order valence-corrected chi connectivity index (χ0v) is 21.3. The molecule has 0 aliphatic carbocycles. The highest BCUT2D eigenvalue weighted by Crippen LogP contribution is 2.33. The number of anilines is 1. The molecule has 0 bridgehead atoms. The van der Waals surface area contributed by atoms with Gasteiger partial charge in [-0.1, -0.05) is 47.6 Å². The van der Waals surface area contributed by atoms with Crippen LogP contribution in [0, 0.1) is 13.8 Å². The number of hydrogen-bond acceptors (Lipinski definition) is 6. The molecule has 0 atom stereocenters. The molecule has 0 aliphatic heterocycles. The fraction of sp³-hybridized carbons (Fsp3) is 0.125. The van der Waals surface area contributed by atoms with Crippen molar-refractivity contribution in [2.24, 2.45) is 5.14 Å². The predicted octanol–water partition coefficient (Wildman–Crippen LogP) is 4.58. The van der Waals surface area contributed by atoms with Crippen LogP contribution in [0.4, 0.5) is 5.69 Å². The van der Waals surface area contributed by atoms with Gasteiger partial charge in [0, 0.05) is 11.3 Å². The standard InChI is InChI=1S/C24H22ClN5O3S2/c1-15-7-8-16(2)21(13-15)30-23(19-5-3-4-6-20(19)25)28-29-24(30)34-14-22(31)27-17-9-11-18(12-10-17)35(26,32)33/h3-13H,14H2,1-2H3,(H,27,31)(H2,26,32,33). The summed E-state index contributed by atoms with van der Waals surface area (Å²) < 4.78 is 24.7. The second-order valence-corrected chi connectivity index (χ2v) is 10.7. The van der Waals surface area contributed by atoms with E-state index in [9.17, 15) is 13.2 Å². The molecular weight excluding hydrogens is 506 g/mol. The van der Waals surface area contributed by atoms with E-state index in [0.717, 1.165) is 22.4 Å². The number of aryl methyl sites for hydroxylation is 2. The first-order valence-electron chi connectivity index (χ1n) is 10.5. The molecule has 4 rings (SSSR count). The predicted molar refractivity (Wildman–Crippen MR) is 138 cm³/mol. The van der Waals surface area contributed by atoms with Gasteiger partial charge in [0.25, 0.3) is 0 Å². The van der Waals surface area contributed by atoms with Crippen molar-refractivity contribution in [2.75, 3.05) is 11.1 Å². The number of rotatable bonds is 7. The van der Waals surface area contributed by atoms with Crippen molar-refractivity contribution < 1.29 is 13.2 Å². The Morgan fingerprint density at radius 1 is 1.06 bits per heavy atom. The molecule has 3 N–H and O–H groups in total. The third kappa shape index (κ3) is 5.73. The number of carbonyl (C=O) groups is 1. The molecule has 0 saturated heterocycles. The van der Waals surface area contributed by atoms with E-state index in [1.54, 1.807) is 6.07 Å². The summed E-state index contributed by atoms with van der Waals surface area (Å²) in [4.78, 5) is 12.6. The molecule has 0 aliphatic rings. The topological polar surface area (TPSA) is 120 Å². The van der Waals surface area contributed by atoms with Crippen LogP contribution in [0.25, 0.3) is 17.1 Å². The molecule has 0 fully saturated rings. The number of carbonyl (C=O) groups excluding carboxylic acids is 1. The van der Waals surface area contributed by atoms with E-state index in [4.69, 9.17) is 16.7 Å². The maximum absolute atomic E-state index is 12.6. The number of nitrogens with one attached hydrogen (secondary N) is 1. The fourth-order valence-corrected chi connectivity index (χ4v) is 4.89. The summed E-state index contributed by atoms with van der Waals surface area (Å²) in [6.07, 6.45) is 0. The molecule has 1 heterocycles. The molecule has 0 radical (unpaired) electrons. The van der Waals surface area contributed by atoms with Gasteiger partial charge in [0.1, 0.15) is 0 Å². The number of benzene rings is 3. The molecule has 3 aromatic carbocycles. The Hall–Kier alpha value is -3.18. The summed E-state index contributed by atoms with van der Waals surface area (Å²) in [5.74, 6) is 0.349. The largest absolute Gasteiger partial charge is 0.325 e. The SMILES string of the molecule is Cc1ccc(C)c(-n2c(SCC(=O)Nc3ccc(S(N)(=O)=O)cc3)nnc2-c2ccccc2Cl)c1. The minimum atomic E-state index is -3.80. The van der Waals surface area contributed by atoms with Crippen LogP contribution >= 0.6 is 23.4 Å². The number of hydrogen-bond donors (Lipinski definition) is 2. The number of sulfonamides is 1. The second-order valence-electron chi connectivity index (χ2n) is 7.82. The molecule has 4 aromatic rings. The van der Waals surface area contributed by atoms with Crippen LogP contribution in [0.3, 0.4) is 0 Å². The quantitative estimate of drug-likeness (QED) is 0.339. The minimum absolute atomic E-state index is 0.0291. The molecule has 11 heteroatoms. The van der Waals surface area contributed by atoms with E-state index < -0.39 is 10.0 Å². The Kier molecular flexibility index (Phi) is 7.27. The molecule has 0 spiro atoms. The number of nitrogens with two attached hydrogens (primary N) is 1. The Balaban J connectivity index is 1.61. The number of nitrogens with zero attached hydrogens (tertiary/aromatic N) is 3. The van der Waals surface area contributed by atoms with Crippen LogP contribution in [0.15, 0.2) is 76.8 Å². The number of amides is 1. The van der Waals surface area contributed by atoms with Gasteiger partial charge in [0.15, 0.2) is 11.0 Å². The molecule has 1 amide bonds. The highest BCUT2D eigenvalue weighted by Gasteiger charge is 2.20. The third-order valence-corrected chi connectivity index (χ3v) is 7.34. The number of thioether (sulfide) groups is 1. The van der Waals surface area contributed by atoms with Crippen LogP contribution in [0.1, 0.15) is 11.1 Å². The van der Waals surface area contributed by atoms with E-state index >= 15 is 0 Å². The van der Waals surface area contributed by atoms with Crippen LogP contribution in [0.5, 0.6) is 0 Å². The molecular formula is C24H22ClN5O3S2. The molecule has 180 valence electrons.